The van der Waals surface area contributed by atoms with Crippen molar-refractivity contribution in [3.63, 3.8) is 0 Å². The van der Waals surface area contributed by atoms with E-state index in [0.717, 1.165) is 5.56 Å². The molecule has 2 heterocycles. The summed E-state index contributed by atoms with van der Waals surface area (Å²) in [6, 6.07) is 16.8. The van der Waals surface area contributed by atoms with Gasteiger partial charge in [0.25, 0.3) is 0 Å². The number of rotatable bonds is 6. The molecule has 0 bridgehead atoms. The molecule has 1 atom stereocenters. The average Bonchev–Trinajstić information content (AvgIpc) is 3.08. The highest BCUT2D eigenvalue weighted by atomic mass is 19.1. The molecule has 0 amide bonds. The number of hydrogen-bond acceptors (Lipinski definition) is 5. The minimum Gasteiger partial charge on any atom is -0.348 e. The average molecular weight is 407 g/mol. The largest absolute Gasteiger partial charge is 0.348 e. The second-order valence-corrected chi connectivity index (χ2v) is 7.18. The Morgan fingerprint density at radius 2 is 1.63 bits per heavy atom. The van der Waals surface area contributed by atoms with Crippen molar-refractivity contribution in [2.24, 2.45) is 0 Å². The van der Waals surface area contributed by atoms with Crippen LogP contribution in [0.15, 0.2) is 60.8 Å². The number of fused-ring (bicyclic) bond motifs is 1. The maximum atomic E-state index is 14.1. The Kier molecular flexibility index (Phi) is 6.30. The summed E-state index contributed by atoms with van der Waals surface area (Å²) in [6.45, 7) is 6.14. The van der Waals surface area contributed by atoms with Crippen molar-refractivity contribution in [3.05, 3.63) is 72.2 Å². The molecule has 30 heavy (non-hydrogen) atoms. The molecule has 0 spiro atoms. The first-order chi connectivity index (χ1) is 14.0. The zero-order valence-corrected chi connectivity index (χ0v) is 16.6. The molecule has 0 aliphatic carbocycles. The standard InChI is InChI=1S/C22H23FN6.CH4/c1-14(2)29-20-19(27-22(29)26-18-12-8-7-11-17(18)23)13-24-21(28-20)25-15(3)16-9-5-4-6-10-16;/h4-15H,1-3H3,(H,26,27)(H,24,25,28);1H4. The SMILES string of the molecule is C.CC(Nc1ncc2nc(Nc3ccccc3F)n(C(C)C)c2n1)c1ccccc1. The topological polar surface area (TPSA) is 67.7 Å². The highest BCUT2D eigenvalue weighted by molar-refractivity contribution is 5.76. The van der Waals surface area contributed by atoms with Gasteiger partial charge in [-0.25, -0.2) is 14.4 Å². The minimum atomic E-state index is -0.333. The predicted molar refractivity (Wildman–Crippen MR) is 121 cm³/mol. The van der Waals surface area contributed by atoms with Crippen molar-refractivity contribution >= 4 is 28.7 Å². The number of nitrogens with zero attached hydrogens (tertiary/aromatic N) is 4. The molecule has 6 nitrogen and oxygen atoms in total. The second kappa shape index (κ2) is 8.90. The summed E-state index contributed by atoms with van der Waals surface area (Å²) in [4.78, 5) is 13.7. The number of anilines is 3. The first-order valence-corrected chi connectivity index (χ1v) is 9.61. The highest BCUT2D eigenvalue weighted by Crippen LogP contribution is 2.27. The maximum absolute atomic E-state index is 14.1. The van der Waals surface area contributed by atoms with Crippen LogP contribution in [0.5, 0.6) is 0 Å². The molecular formula is C23H27FN6. The number of nitrogens with one attached hydrogen (secondary N) is 2. The van der Waals surface area contributed by atoms with Gasteiger partial charge in [-0.1, -0.05) is 49.9 Å². The van der Waals surface area contributed by atoms with Gasteiger partial charge in [0.1, 0.15) is 11.3 Å². The van der Waals surface area contributed by atoms with Crippen LogP contribution < -0.4 is 10.6 Å². The van der Waals surface area contributed by atoms with Crippen molar-refractivity contribution < 1.29 is 4.39 Å². The van der Waals surface area contributed by atoms with Crippen molar-refractivity contribution in [3.8, 4) is 0 Å². The van der Waals surface area contributed by atoms with E-state index in [1.807, 2.05) is 36.6 Å². The predicted octanol–water partition coefficient (Wildman–Crippen LogP) is 6.10. The molecular weight excluding hydrogens is 379 g/mol. The molecule has 156 valence electrons. The normalized spacial score (nSPS) is 11.9. The number of aromatic nitrogens is 4. The van der Waals surface area contributed by atoms with Crippen LogP contribution in [0.2, 0.25) is 0 Å². The molecule has 2 N–H and O–H groups in total. The Morgan fingerprint density at radius 3 is 2.33 bits per heavy atom. The lowest BCUT2D eigenvalue weighted by atomic mass is 10.1. The Bertz CT molecular complexity index is 1120. The zero-order chi connectivity index (χ0) is 20.4. The lowest BCUT2D eigenvalue weighted by Crippen LogP contribution is -2.11. The van der Waals surface area contributed by atoms with Crippen LogP contribution in [0.25, 0.3) is 11.2 Å². The van der Waals surface area contributed by atoms with Crippen LogP contribution >= 0.6 is 0 Å². The van der Waals surface area contributed by atoms with Gasteiger partial charge in [-0.2, -0.15) is 4.98 Å². The van der Waals surface area contributed by atoms with Crippen LogP contribution in [0.1, 0.15) is 45.8 Å². The van der Waals surface area contributed by atoms with Gasteiger partial charge in [0.05, 0.1) is 17.9 Å². The highest BCUT2D eigenvalue weighted by Gasteiger charge is 2.17. The van der Waals surface area contributed by atoms with Crippen LogP contribution in [0.3, 0.4) is 0 Å². The summed E-state index contributed by atoms with van der Waals surface area (Å²) in [5.41, 5.74) is 2.86. The van der Waals surface area contributed by atoms with Gasteiger partial charge in [-0.05, 0) is 38.5 Å². The fraction of sp³-hybridized carbons (Fsp3) is 0.261. The van der Waals surface area contributed by atoms with Gasteiger partial charge in [0.2, 0.25) is 11.9 Å². The summed E-state index contributed by atoms with van der Waals surface area (Å²) in [7, 11) is 0. The number of para-hydroxylation sites is 1. The molecule has 1 unspecified atom stereocenters. The summed E-state index contributed by atoms with van der Waals surface area (Å²) in [5, 5.41) is 6.43. The molecule has 0 saturated heterocycles. The van der Waals surface area contributed by atoms with Gasteiger partial charge < -0.3 is 10.6 Å². The Balaban J connectivity index is 0.00000256. The third-order valence-corrected chi connectivity index (χ3v) is 4.71. The van der Waals surface area contributed by atoms with E-state index in [4.69, 9.17) is 4.98 Å². The first kappa shape index (κ1) is 21.2. The molecule has 0 aliphatic rings. The van der Waals surface area contributed by atoms with Gasteiger partial charge in [0, 0.05) is 6.04 Å². The molecule has 0 fully saturated rings. The number of benzene rings is 2. The molecule has 0 radical (unpaired) electrons. The Hall–Kier alpha value is -3.48. The van der Waals surface area contributed by atoms with Crippen molar-refractivity contribution in [2.75, 3.05) is 10.6 Å². The van der Waals surface area contributed by atoms with E-state index in [1.165, 1.54) is 6.07 Å². The third-order valence-electron chi connectivity index (χ3n) is 4.71. The molecule has 7 heteroatoms. The smallest absolute Gasteiger partial charge is 0.225 e. The number of imidazole rings is 1. The maximum Gasteiger partial charge on any atom is 0.225 e. The van der Waals surface area contributed by atoms with E-state index < -0.39 is 0 Å². The van der Waals surface area contributed by atoms with E-state index in [9.17, 15) is 4.39 Å². The Morgan fingerprint density at radius 1 is 0.933 bits per heavy atom. The second-order valence-electron chi connectivity index (χ2n) is 7.18. The van der Waals surface area contributed by atoms with E-state index >= 15 is 0 Å². The summed E-state index contributed by atoms with van der Waals surface area (Å²) in [5.74, 6) is 0.718. The zero-order valence-electron chi connectivity index (χ0n) is 16.6. The van der Waals surface area contributed by atoms with Crippen molar-refractivity contribution in [1.29, 1.82) is 0 Å². The fourth-order valence-corrected chi connectivity index (χ4v) is 3.24. The lowest BCUT2D eigenvalue weighted by molar-refractivity contribution is 0.615. The quantitative estimate of drug-likeness (QED) is 0.405. The monoisotopic (exact) mass is 406 g/mol. The van der Waals surface area contributed by atoms with Crippen LogP contribution in [-0.2, 0) is 0 Å². The molecule has 2 aromatic heterocycles. The molecule has 4 rings (SSSR count). The third kappa shape index (κ3) is 4.25. The van der Waals surface area contributed by atoms with Crippen molar-refractivity contribution in [2.45, 2.75) is 40.3 Å². The van der Waals surface area contributed by atoms with Gasteiger partial charge in [-0.15, -0.1) is 0 Å². The summed E-state index contributed by atoms with van der Waals surface area (Å²) in [6.07, 6.45) is 1.69. The fourth-order valence-electron chi connectivity index (χ4n) is 3.24. The lowest BCUT2D eigenvalue weighted by Gasteiger charge is -2.15. The molecule has 4 aromatic rings. The van der Waals surface area contributed by atoms with E-state index in [2.05, 4.69) is 39.7 Å². The van der Waals surface area contributed by atoms with Gasteiger partial charge >= 0.3 is 0 Å². The van der Waals surface area contributed by atoms with E-state index in [-0.39, 0.29) is 25.3 Å². The van der Waals surface area contributed by atoms with Crippen molar-refractivity contribution in [1.82, 2.24) is 19.5 Å². The van der Waals surface area contributed by atoms with Crippen LogP contribution in [0.4, 0.5) is 22.0 Å². The first-order valence-electron chi connectivity index (χ1n) is 9.61. The number of halogens is 1. The summed E-state index contributed by atoms with van der Waals surface area (Å²) < 4.78 is 16.0. The molecule has 2 aromatic carbocycles. The molecule has 0 aliphatic heterocycles. The van der Waals surface area contributed by atoms with Crippen LogP contribution in [0, 0.1) is 5.82 Å². The molecule has 0 saturated carbocycles. The summed E-state index contributed by atoms with van der Waals surface area (Å²) >= 11 is 0. The minimum absolute atomic E-state index is 0. The van der Waals surface area contributed by atoms with E-state index in [0.29, 0.717) is 28.7 Å². The van der Waals surface area contributed by atoms with Gasteiger partial charge in [0.15, 0.2) is 5.65 Å². The number of hydrogen-bond donors (Lipinski definition) is 2. The van der Waals surface area contributed by atoms with Gasteiger partial charge in [-0.3, -0.25) is 4.57 Å². The van der Waals surface area contributed by atoms with E-state index in [1.54, 1.807) is 24.4 Å². The Labute approximate surface area is 176 Å². The van der Waals surface area contributed by atoms with Crippen LogP contribution in [-0.4, -0.2) is 19.5 Å².